The number of hydrogen-bond acceptors (Lipinski definition) is 5. The number of ether oxygens (including phenoxy) is 1. The number of benzene rings is 1. The highest BCUT2D eigenvalue weighted by atomic mass is 32.2. The molecule has 1 N–H and O–H groups in total. The molecule has 0 radical (unpaired) electrons. The first kappa shape index (κ1) is 18.3. The number of anilines is 2. The van der Waals surface area contributed by atoms with Crippen molar-refractivity contribution in [2.75, 3.05) is 28.5 Å². The second-order valence-corrected chi connectivity index (χ2v) is 7.51. The summed E-state index contributed by atoms with van der Waals surface area (Å²) in [6, 6.07) is 6.65. The van der Waals surface area contributed by atoms with Crippen LogP contribution in [0.4, 0.5) is 11.4 Å². The van der Waals surface area contributed by atoms with Gasteiger partial charge in [-0.15, -0.1) is 0 Å². The molecule has 1 heterocycles. The highest BCUT2D eigenvalue weighted by molar-refractivity contribution is 7.92. The Labute approximate surface area is 142 Å². The zero-order valence-corrected chi connectivity index (χ0v) is 14.5. The van der Waals surface area contributed by atoms with Gasteiger partial charge >= 0.3 is 5.97 Å². The average molecular weight is 354 g/mol. The van der Waals surface area contributed by atoms with Crippen molar-refractivity contribution in [3.05, 3.63) is 24.3 Å². The monoisotopic (exact) mass is 354 g/mol. The van der Waals surface area contributed by atoms with Crippen molar-refractivity contribution in [2.24, 2.45) is 0 Å². The minimum absolute atomic E-state index is 0.0315. The first-order valence-corrected chi connectivity index (χ1v) is 9.59. The van der Waals surface area contributed by atoms with Crippen LogP contribution in [-0.4, -0.2) is 39.2 Å². The van der Waals surface area contributed by atoms with Crippen LogP contribution in [0.1, 0.15) is 32.6 Å². The standard InChI is InChI=1S/C16H22N2O5S/c1-2-23-16(20)10-9-15(19)17-13-5-7-14(8-6-13)18-11-3-4-12-24(18,21)22/h5-8H,2-4,9-12H2,1H3,(H,17,19). The van der Waals surface area contributed by atoms with E-state index >= 15 is 0 Å². The molecule has 1 saturated heterocycles. The molecule has 0 atom stereocenters. The third-order valence-corrected chi connectivity index (χ3v) is 5.52. The van der Waals surface area contributed by atoms with Crippen LogP contribution in [0.25, 0.3) is 0 Å². The fraction of sp³-hybridized carbons (Fsp3) is 0.500. The normalized spacial score (nSPS) is 16.5. The van der Waals surface area contributed by atoms with Gasteiger partial charge in [0.15, 0.2) is 0 Å². The van der Waals surface area contributed by atoms with E-state index in [9.17, 15) is 18.0 Å². The molecule has 24 heavy (non-hydrogen) atoms. The van der Waals surface area contributed by atoms with Crippen LogP contribution in [0.15, 0.2) is 24.3 Å². The number of nitrogens with one attached hydrogen (secondary N) is 1. The van der Waals surface area contributed by atoms with Gasteiger partial charge in [0.25, 0.3) is 0 Å². The summed E-state index contributed by atoms with van der Waals surface area (Å²) in [5, 5.41) is 2.68. The number of carbonyl (C=O) groups excluding carboxylic acids is 2. The van der Waals surface area contributed by atoms with Crippen LogP contribution in [0.5, 0.6) is 0 Å². The zero-order valence-electron chi connectivity index (χ0n) is 13.7. The lowest BCUT2D eigenvalue weighted by atomic mass is 10.2. The number of amides is 1. The molecule has 1 amide bonds. The molecular weight excluding hydrogens is 332 g/mol. The van der Waals surface area contributed by atoms with Gasteiger partial charge in [-0.25, -0.2) is 8.42 Å². The van der Waals surface area contributed by atoms with Gasteiger partial charge in [-0.1, -0.05) is 0 Å². The highest BCUT2D eigenvalue weighted by Gasteiger charge is 2.25. The number of nitrogens with zero attached hydrogens (tertiary/aromatic N) is 1. The molecule has 1 fully saturated rings. The van der Waals surface area contributed by atoms with Gasteiger partial charge in [0.1, 0.15) is 0 Å². The zero-order chi connectivity index (χ0) is 17.6. The molecule has 132 valence electrons. The predicted octanol–water partition coefficient (Wildman–Crippen LogP) is 1.90. The number of carbonyl (C=O) groups is 2. The smallest absolute Gasteiger partial charge is 0.306 e. The van der Waals surface area contributed by atoms with Crippen LogP contribution in [0.3, 0.4) is 0 Å². The molecule has 2 rings (SSSR count). The third-order valence-electron chi connectivity index (χ3n) is 3.65. The van der Waals surface area contributed by atoms with Crippen molar-refractivity contribution in [2.45, 2.75) is 32.6 Å². The van der Waals surface area contributed by atoms with Gasteiger partial charge in [0.2, 0.25) is 15.9 Å². The van der Waals surface area contributed by atoms with Gasteiger partial charge in [-0.05, 0) is 44.0 Å². The topological polar surface area (TPSA) is 92.8 Å². The fourth-order valence-electron chi connectivity index (χ4n) is 2.46. The van der Waals surface area contributed by atoms with Crippen LogP contribution >= 0.6 is 0 Å². The molecule has 8 heteroatoms. The van der Waals surface area contributed by atoms with Crippen LogP contribution in [0.2, 0.25) is 0 Å². The fourth-order valence-corrected chi connectivity index (χ4v) is 4.10. The quantitative estimate of drug-likeness (QED) is 0.788. The predicted molar refractivity (Wildman–Crippen MR) is 91.3 cm³/mol. The summed E-state index contributed by atoms with van der Waals surface area (Å²) in [6.07, 6.45) is 1.60. The Bertz CT molecular complexity index is 685. The van der Waals surface area contributed by atoms with E-state index in [1.54, 1.807) is 31.2 Å². The Morgan fingerprint density at radius 3 is 2.50 bits per heavy atom. The molecule has 1 aliphatic rings. The Morgan fingerprint density at radius 1 is 1.17 bits per heavy atom. The number of rotatable bonds is 6. The van der Waals surface area contributed by atoms with Gasteiger partial charge < -0.3 is 10.1 Å². The molecule has 0 aromatic heterocycles. The molecule has 1 aliphatic heterocycles. The molecule has 1 aromatic rings. The lowest BCUT2D eigenvalue weighted by molar-refractivity contribution is -0.144. The van der Waals surface area contributed by atoms with Crippen molar-refractivity contribution in [1.82, 2.24) is 0 Å². The molecule has 0 aliphatic carbocycles. The Morgan fingerprint density at radius 2 is 1.88 bits per heavy atom. The van der Waals surface area contributed by atoms with E-state index < -0.39 is 16.0 Å². The first-order chi connectivity index (χ1) is 11.4. The minimum Gasteiger partial charge on any atom is -0.466 e. The second-order valence-electron chi connectivity index (χ2n) is 5.50. The van der Waals surface area contributed by atoms with Crippen molar-refractivity contribution >= 4 is 33.3 Å². The summed E-state index contributed by atoms with van der Waals surface area (Å²) in [6.45, 7) is 2.48. The second kappa shape index (κ2) is 8.14. The van der Waals surface area contributed by atoms with E-state index in [4.69, 9.17) is 4.74 Å². The summed E-state index contributed by atoms with van der Waals surface area (Å²) in [4.78, 5) is 23.0. The SMILES string of the molecule is CCOC(=O)CCC(=O)Nc1ccc(N2CCCCS2(=O)=O)cc1. The Kier molecular flexibility index (Phi) is 6.19. The van der Waals surface area contributed by atoms with Crippen molar-refractivity contribution in [1.29, 1.82) is 0 Å². The molecule has 0 saturated carbocycles. The van der Waals surface area contributed by atoms with E-state index in [0.717, 1.165) is 6.42 Å². The Balaban J connectivity index is 1.92. The summed E-state index contributed by atoms with van der Waals surface area (Å²) >= 11 is 0. The number of hydrogen-bond donors (Lipinski definition) is 1. The first-order valence-electron chi connectivity index (χ1n) is 7.98. The summed E-state index contributed by atoms with van der Waals surface area (Å²) in [5.41, 5.74) is 1.15. The molecule has 0 bridgehead atoms. The summed E-state index contributed by atoms with van der Waals surface area (Å²) < 4.78 is 30.3. The van der Waals surface area contributed by atoms with E-state index in [2.05, 4.69) is 5.32 Å². The van der Waals surface area contributed by atoms with E-state index in [1.165, 1.54) is 4.31 Å². The largest absolute Gasteiger partial charge is 0.466 e. The maximum Gasteiger partial charge on any atom is 0.306 e. The van der Waals surface area contributed by atoms with Crippen molar-refractivity contribution in [3.8, 4) is 0 Å². The maximum atomic E-state index is 12.1. The molecule has 1 aromatic carbocycles. The molecule has 0 unspecified atom stereocenters. The number of esters is 1. The molecule has 7 nitrogen and oxygen atoms in total. The lowest BCUT2D eigenvalue weighted by Gasteiger charge is -2.28. The van der Waals surface area contributed by atoms with E-state index in [-0.39, 0.29) is 24.5 Å². The highest BCUT2D eigenvalue weighted by Crippen LogP contribution is 2.24. The van der Waals surface area contributed by atoms with Gasteiger partial charge in [-0.2, -0.15) is 0 Å². The van der Waals surface area contributed by atoms with E-state index in [0.29, 0.717) is 30.9 Å². The third kappa shape index (κ3) is 4.95. The van der Waals surface area contributed by atoms with Gasteiger partial charge in [-0.3, -0.25) is 13.9 Å². The Hall–Kier alpha value is -2.09. The van der Waals surface area contributed by atoms with Gasteiger partial charge in [0, 0.05) is 18.7 Å². The van der Waals surface area contributed by atoms with Gasteiger partial charge in [0.05, 0.1) is 24.5 Å². The average Bonchev–Trinajstić information content (AvgIpc) is 2.54. The maximum absolute atomic E-state index is 12.1. The molecular formula is C16H22N2O5S. The minimum atomic E-state index is -3.24. The van der Waals surface area contributed by atoms with Crippen LogP contribution < -0.4 is 9.62 Å². The van der Waals surface area contributed by atoms with Crippen molar-refractivity contribution in [3.63, 3.8) is 0 Å². The summed E-state index contributed by atoms with van der Waals surface area (Å²) in [7, 11) is -3.24. The van der Waals surface area contributed by atoms with Crippen molar-refractivity contribution < 1.29 is 22.7 Å². The van der Waals surface area contributed by atoms with Crippen LogP contribution in [-0.2, 0) is 24.3 Å². The lowest BCUT2D eigenvalue weighted by Crippen LogP contribution is -2.37. The summed E-state index contributed by atoms with van der Waals surface area (Å²) in [5.74, 6) is -0.529. The number of sulfonamides is 1. The molecule has 0 spiro atoms. The van der Waals surface area contributed by atoms with E-state index in [1.807, 2.05) is 0 Å². The van der Waals surface area contributed by atoms with Crippen LogP contribution in [0, 0.1) is 0 Å².